The van der Waals surface area contributed by atoms with Gasteiger partial charge in [0.1, 0.15) is 34.0 Å². The molecular formula is C19H13F2N5OS. The second kappa shape index (κ2) is 7.28. The van der Waals surface area contributed by atoms with Gasteiger partial charge in [0.05, 0.1) is 5.69 Å². The van der Waals surface area contributed by atoms with E-state index in [2.05, 4.69) is 20.4 Å². The number of aromatic nitrogens is 4. The molecule has 0 spiro atoms. The lowest BCUT2D eigenvalue weighted by molar-refractivity contribution is 0.103. The zero-order valence-corrected chi connectivity index (χ0v) is 15.4. The van der Waals surface area contributed by atoms with Crippen LogP contribution in [0, 0.1) is 18.6 Å². The second-order valence-electron chi connectivity index (χ2n) is 5.90. The van der Waals surface area contributed by atoms with Gasteiger partial charge in [-0.2, -0.15) is 5.10 Å². The fraction of sp³-hybridized carbons (Fsp3) is 0.0526. The summed E-state index contributed by atoms with van der Waals surface area (Å²) >= 11 is 1.19. The fourth-order valence-electron chi connectivity index (χ4n) is 2.61. The van der Waals surface area contributed by atoms with E-state index in [4.69, 9.17) is 0 Å². The van der Waals surface area contributed by atoms with Crippen molar-refractivity contribution in [3.05, 3.63) is 77.3 Å². The number of carbonyl (C=O) groups is 1. The van der Waals surface area contributed by atoms with Crippen molar-refractivity contribution in [1.29, 1.82) is 0 Å². The number of hydrogen-bond donors (Lipinski definition) is 1. The van der Waals surface area contributed by atoms with Gasteiger partial charge >= 0.3 is 0 Å². The zero-order valence-electron chi connectivity index (χ0n) is 14.6. The summed E-state index contributed by atoms with van der Waals surface area (Å²) in [6.45, 7) is 1.72. The van der Waals surface area contributed by atoms with E-state index in [1.54, 1.807) is 25.1 Å². The number of anilines is 1. The summed E-state index contributed by atoms with van der Waals surface area (Å²) in [6, 6.07) is 10.2. The summed E-state index contributed by atoms with van der Waals surface area (Å²) < 4.78 is 28.7. The summed E-state index contributed by atoms with van der Waals surface area (Å²) in [6.07, 6.45) is 2.69. The van der Waals surface area contributed by atoms with Crippen LogP contribution < -0.4 is 5.32 Å². The molecule has 28 heavy (non-hydrogen) atoms. The van der Waals surface area contributed by atoms with Crippen molar-refractivity contribution in [3.8, 4) is 16.3 Å². The first kappa shape index (κ1) is 17.9. The Bertz CT molecular complexity index is 1140. The molecule has 2 aromatic heterocycles. The number of hydrogen-bond acceptors (Lipinski definition) is 5. The Kier molecular flexibility index (Phi) is 4.66. The number of aryl methyl sites for hydroxylation is 1. The highest BCUT2D eigenvalue weighted by Crippen LogP contribution is 2.29. The van der Waals surface area contributed by atoms with Crippen LogP contribution in [-0.2, 0) is 0 Å². The number of halogens is 2. The van der Waals surface area contributed by atoms with Gasteiger partial charge in [-0.15, -0.1) is 11.3 Å². The minimum absolute atomic E-state index is 0.225. The van der Waals surface area contributed by atoms with Crippen molar-refractivity contribution in [1.82, 2.24) is 19.7 Å². The number of thiazole rings is 1. The molecule has 2 heterocycles. The molecule has 0 aliphatic heterocycles. The standard InChI is InChI=1S/C19H13F2N5OS/c1-11-17(28-19(24-11)12-2-4-13(20)5-3-12)18(27)25-14-6-7-16(15(21)8-14)26-10-22-9-23-26/h2-10H,1H3,(H,25,27). The quantitative estimate of drug-likeness (QED) is 0.559. The molecule has 4 aromatic rings. The minimum Gasteiger partial charge on any atom is -0.321 e. The van der Waals surface area contributed by atoms with Gasteiger partial charge in [-0.1, -0.05) is 0 Å². The maximum atomic E-state index is 14.3. The van der Waals surface area contributed by atoms with Crippen LogP contribution in [0.5, 0.6) is 0 Å². The molecule has 0 saturated heterocycles. The first-order valence-electron chi connectivity index (χ1n) is 8.20. The van der Waals surface area contributed by atoms with Gasteiger partial charge in [-0.25, -0.2) is 23.4 Å². The molecule has 0 aliphatic rings. The summed E-state index contributed by atoms with van der Waals surface area (Å²) in [4.78, 5) is 21.2. The van der Waals surface area contributed by atoms with Crippen molar-refractivity contribution in [2.75, 3.05) is 5.32 Å². The van der Waals surface area contributed by atoms with Crippen molar-refractivity contribution < 1.29 is 13.6 Å². The van der Waals surface area contributed by atoms with E-state index in [0.717, 1.165) is 5.56 Å². The van der Waals surface area contributed by atoms with Crippen LogP contribution in [-0.4, -0.2) is 25.7 Å². The van der Waals surface area contributed by atoms with Crippen molar-refractivity contribution in [2.24, 2.45) is 0 Å². The monoisotopic (exact) mass is 397 g/mol. The van der Waals surface area contributed by atoms with E-state index in [1.807, 2.05) is 0 Å². The van der Waals surface area contributed by atoms with E-state index < -0.39 is 11.7 Å². The molecule has 1 amide bonds. The molecule has 0 fully saturated rings. The van der Waals surface area contributed by atoms with Gasteiger partial charge < -0.3 is 5.32 Å². The third-order valence-corrected chi connectivity index (χ3v) is 5.17. The lowest BCUT2D eigenvalue weighted by Gasteiger charge is -2.07. The predicted octanol–water partition coefficient (Wildman–Crippen LogP) is 4.23. The highest BCUT2D eigenvalue weighted by molar-refractivity contribution is 7.17. The van der Waals surface area contributed by atoms with Crippen LogP contribution in [0.1, 0.15) is 15.4 Å². The lowest BCUT2D eigenvalue weighted by atomic mass is 10.2. The Balaban J connectivity index is 1.55. The van der Waals surface area contributed by atoms with E-state index in [9.17, 15) is 13.6 Å². The molecule has 6 nitrogen and oxygen atoms in total. The molecule has 9 heteroatoms. The van der Waals surface area contributed by atoms with E-state index in [0.29, 0.717) is 21.3 Å². The molecule has 0 bridgehead atoms. The van der Waals surface area contributed by atoms with Crippen LogP contribution in [0.4, 0.5) is 14.5 Å². The van der Waals surface area contributed by atoms with Crippen LogP contribution in [0.25, 0.3) is 16.3 Å². The highest BCUT2D eigenvalue weighted by Gasteiger charge is 2.17. The SMILES string of the molecule is Cc1nc(-c2ccc(F)cc2)sc1C(=O)Nc1ccc(-n2cncn2)c(F)c1. The molecule has 1 N–H and O–H groups in total. The van der Waals surface area contributed by atoms with Crippen molar-refractivity contribution in [3.63, 3.8) is 0 Å². The van der Waals surface area contributed by atoms with Gasteiger partial charge in [0.2, 0.25) is 0 Å². The maximum Gasteiger partial charge on any atom is 0.267 e. The number of nitrogens with one attached hydrogen (secondary N) is 1. The Labute approximate surface area is 162 Å². The zero-order chi connectivity index (χ0) is 19.7. The van der Waals surface area contributed by atoms with E-state index in [-0.39, 0.29) is 11.5 Å². The van der Waals surface area contributed by atoms with Crippen molar-refractivity contribution in [2.45, 2.75) is 6.92 Å². The number of nitrogens with zero attached hydrogens (tertiary/aromatic N) is 4. The number of benzene rings is 2. The van der Waals surface area contributed by atoms with Gasteiger partial charge in [0.25, 0.3) is 5.91 Å². The molecule has 0 aliphatic carbocycles. The minimum atomic E-state index is -0.545. The third kappa shape index (κ3) is 3.52. The first-order chi connectivity index (χ1) is 13.5. The summed E-state index contributed by atoms with van der Waals surface area (Å²) in [5.41, 5.74) is 1.80. The normalized spacial score (nSPS) is 10.8. The Hall–Kier alpha value is -3.46. The van der Waals surface area contributed by atoms with E-state index >= 15 is 0 Å². The summed E-state index contributed by atoms with van der Waals surface area (Å²) in [5, 5.41) is 7.16. The second-order valence-corrected chi connectivity index (χ2v) is 6.90. The molecule has 0 radical (unpaired) electrons. The smallest absolute Gasteiger partial charge is 0.267 e. The van der Waals surface area contributed by atoms with Crippen LogP contribution in [0.15, 0.2) is 55.1 Å². The Morgan fingerprint density at radius 1 is 1.14 bits per heavy atom. The van der Waals surface area contributed by atoms with Crippen LogP contribution >= 0.6 is 11.3 Å². The average molecular weight is 397 g/mol. The van der Waals surface area contributed by atoms with Crippen molar-refractivity contribution >= 4 is 22.9 Å². The van der Waals surface area contributed by atoms with Gasteiger partial charge in [0.15, 0.2) is 5.82 Å². The largest absolute Gasteiger partial charge is 0.321 e. The molecule has 0 saturated carbocycles. The molecule has 140 valence electrons. The Morgan fingerprint density at radius 3 is 2.61 bits per heavy atom. The van der Waals surface area contributed by atoms with Crippen LogP contribution in [0.3, 0.4) is 0 Å². The first-order valence-corrected chi connectivity index (χ1v) is 9.02. The number of amides is 1. The van der Waals surface area contributed by atoms with Gasteiger partial charge in [0, 0.05) is 11.3 Å². The maximum absolute atomic E-state index is 14.3. The lowest BCUT2D eigenvalue weighted by Crippen LogP contribution is -2.12. The number of rotatable bonds is 4. The topological polar surface area (TPSA) is 72.7 Å². The van der Waals surface area contributed by atoms with E-state index in [1.165, 1.54) is 52.9 Å². The third-order valence-electron chi connectivity index (χ3n) is 3.97. The number of carbonyl (C=O) groups excluding carboxylic acids is 1. The van der Waals surface area contributed by atoms with Gasteiger partial charge in [-0.3, -0.25) is 4.79 Å². The summed E-state index contributed by atoms with van der Waals surface area (Å²) in [7, 11) is 0. The average Bonchev–Trinajstić information content (AvgIpc) is 3.32. The Morgan fingerprint density at radius 2 is 1.93 bits per heavy atom. The molecule has 0 unspecified atom stereocenters. The molecular weight excluding hydrogens is 384 g/mol. The van der Waals surface area contributed by atoms with Gasteiger partial charge in [-0.05, 0) is 49.4 Å². The van der Waals surface area contributed by atoms with Crippen LogP contribution in [0.2, 0.25) is 0 Å². The molecule has 0 atom stereocenters. The fourth-order valence-corrected chi connectivity index (χ4v) is 3.58. The highest BCUT2D eigenvalue weighted by atomic mass is 32.1. The predicted molar refractivity (Wildman–Crippen MR) is 102 cm³/mol. The summed E-state index contributed by atoms with van der Waals surface area (Å²) in [5.74, 6) is -1.28. The molecule has 4 rings (SSSR count). The molecule has 2 aromatic carbocycles.